The van der Waals surface area contributed by atoms with Gasteiger partial charge in [0.15, 0.2) is 0 Å². The van der Waals surface area contributed by atoms with E-state index in [9.17, 15) is 24.4 Å². The summed E-state index contributed by atoms with van der Waals surface area (Å²) in [5, 5.41) is 22.1. The number of benzene rings is 1. The zero-order valence-electron chi connectivity index (χ0n) is 15.2. The maximum absolute atomic E-state index is 13.9. The molecule has 0 radical (unpaired) electrons. The Hall–Kier alpha value is -2.22. The average molecular weight is 368 g/mol. The molecule has 1 aromatic carbocycles. The van der Waals surface area contributed by atoms with Gasteiger partial charge >= 0.3 is 6.09 Å². The molecule has 1 aliphatic heterocycles. The first-order chi connectivity index (χ1) is 12.1. The Labute approximate surface area is 151 Å². The highest BCUT2D eigenvalue weighted by Crippen LogP contribution is 2.28. The van der Waals surface area contributed by atoms with E-state index in [0.29, 0.717) is 5.56 Å². The molecule has 1 aromatic rings. The number of rotatable bonds is 5. The van der Waals surface area contributed by atoms with Gasteiger partial charge in [0, 0.05) is 17.8 Å². The second-order valence-corrected chi connectivity index (χ2v) is 7.57. The van der Waals surface area contributed by atoms with E-state index in [1.165, 1.54) is 0 Å². The predicted octanol–water partition coefficient (Wildman–Crippen LogP) is 2.58. The number of aliphatic hydroxyl groups excluding tert-OH is 1. The van der Waals surface area contributed by atoms with Crippen LogP contribution in [-0.2, 0) is 11.2 Å². The molecule has 1 heterocycles. The number of nitro groups is 1. The van der Waals surface area contributed by atoms with E-state index < -0.39 is 41.0 Å². The second kappa shape index (κ2) is 7.99. The minimum Gasteiger partial charge on any atom is -0.444 e. The number of likely N-dealkylation sites (tertiary alicyclic amines) is 1. The Kier molecular flexibility index (Phi) is 6.17. The standard InChI is InChI=1S/C18H25FN2O5/c1-18(2,3)26-17(23)20-11-13(19)10-14(20)16(22)15(21(24)25)9-12-7-5-4-6-8-12/h4-8,13-16,22H,9-11H2,1-3H3/t13?,14?,15-,16-/m0/s1. The van der Waals surface area contributed by atoms with Crippen molar-refractivity contribution < 1.29 is 24.0 Å². The molecular weight excluding hydrogens is 343 g/mol. The SMILES string of the molecule is CC(C)(C)OC(=O)N1CC(F)CC1[C@H](O)[C@H](Cc1ccccc1)[N+](=O)[O-]. The normalized spacial score (nSPS) is 22.7. The van der Waals surface area contributed by atoms with Gasteiger partial charge in [0.25, 0.3) is 0 Å². The van der Waals surface area contributed by atoms with E-state index in [4.69, 9.17) is 4.74 Å². The Balaban J connectivity index is 2.18. The maximum Gasteiger partial charge on any atom is 0.410 e. The third-order valence-corrected chi connectivity index (χ3v) is 4.27. The molecule has 144 valence electrons. The van der Waals surface area contributed by atoms with Crippen molar-refractivity contribution in [3.8, 4) is 0 Å². The van der Waals surface area contributed by atoms with Crippen molar-refractivity contribution in [3.63, 3.8) is 0 Å². The van der Waals surface area contributed by atoms with Crippen LogP contribution in [0.5, 0.6) is 0 Å². The Morgan fingerprint density at radius 1 is 1.42 bits per heavy atom. The van der Waals surface area contributed by atoms with Crippen LogP contribution in [0.4, 0.5) is 9.18 Å². The van der Waals surface area contributed by atoms with Gasteiger partial charge in [-0.05, 0) is 26.3 Å². The van der Waals surface area contributed by atoms with E-state index in [0.717, 1.165) is 4.90 Å². The van der Waals surface area contributed by atoms with Crippen LogP contribution in [0, 0.1) is 10.1 Å². The summed E-state index contributed by atoms with van der Waals surface area (Å²) in [5.41, 5.74) is -0.0973. The zero-order chi connectivity index (χ0) is 19.5. The maximum atomic E-state index is 13.9. The van der Waals surface area contributed by atoms with Gasteiger partial charge in [0.05, 0.1) is 12.6 Å². The molecule has 0 aromatic heterocycles. The first-order valence-electron chi connectivity index (χ1n) is 8.57. The van der Waals surface area contributed by atoms with Gasteiger partial charge in [0.2, 0.25) is 6.04 Å². The van der Waals surface area contributed by atoms with Gasteiger partial charge in [-0.25, -0.2) is 9.18 Å². The minimum absolute atomic E-state index is 0.00931. The second-order valence-electron chi connectivity index (χ2n) is 7.57. The predicted molar refractivity (Wildman–Crippen MR) is 93.2 cm³/mol. The lowest BCUT2D eigenvalue weighted by Crippen LogP contribution is -2.51. The van der Waals surface area contributed by atoms with E-state index in [1.807, 2.05) is 0 Å². The monoisotopic (exact) mass is 368 g/mol. The van der Waals surface area contributed by atoms with Crippen LogP contribution in [0.3, 0.4) is 0 Å². The fourth-order valence-electron chi connectivity index (χ4n) is 3.10. The van der Waals surface area contributed by atoms with Crippen LogP contribution in [0.15, 0.2) is 30.3 Å². The minimum atomic E-state index is -1.50. The van der Waals surface area contributed by atoms with Crippen LogP contribution in [0.1, 0.15) is 32.8 Å². The van der Waals surface area contributed by atoms with E-state index in [1.54, 1.807) is 51.1 Å². The van der Waals surface area contributed by atoms with Gasteiger partial charge in [0.1, 0.15) is 17.9 Å². The summed E-state index contributed by atoms with van der Waals surface area (Å²) in [7, 11) is 0. The lowest BCUT2D eigenvalue weighted by atomic mass is 9.95. The number of ether oxygens (including phenoxy) is 1. The van der Waals surface area contributed by atoms with Crippen molar-refractivity contribution in [1.82, 2.24) is 4.90 Å². The lowest BCUT2D eigenvalue weighted by molar-refractivity contribution is -0.535. The first-order valence-corrected chi connectivity index (χ1v) is 8.57. The van der Waals surface area contributed by atoms with Crippen molar-refractivity contribution in [1.29, 1.82) is 0 Å². The molecule has 0 bridgehead atoms. The van der Waals surface area contributed by atoms with Gasteiger partial charge in [-0.2, -0.15) is 0 Å². The number of hydrogen-bond acceptors (Lipinski definition) is 5. The molecule has 2 rings (SSSR count). The third kappa shape index (κ3) is 5.14. The highest BCUT2D eigenvalue weighted by Gasteiger charge is 2.47. The molecular formula is C18H25FN2O5. The molecule has 1 amide bonds. The molecule has 1 fully saturated rings. The molecule has 0 spiro atoms. The number of aliphatic hydroxyl groups is 1. The van der Waals surface area contributed by atoms with Crippen molar-refractivity contribution in [2.75, 3.05) is 6.54 Å². The summed E-state index contributed by atoms with van der Waals surface area (Å²) >= 11 is 0. The number of carbonyl (C=O) groups excluding carboxylic acids is 1. The highest BCUT2D eigenvalue weighted by molar-refractivity contribution is 5.69. The first kappa shape index (κ1) is 20.1. The summed E-state index contributed by atoms with van der Waals surface area (Å²) in [6.07, 6.45) is -3.79. The van der Waals surface area contributed by atoms with E-state index in [-0.39, 0.29) is 19.4 Å². The molecule has 8 heteroatoms. The molecule has 4 atom stereocenters. The number of amides is 1. The Morgan fingerprint density at radius 2 is 2.04 bits per heavy atom. The molecule has 0 aliphatic carbocycles. The van der Waals surface area contributed by atoms with Crippen LogP contribution >= 0.6 is 0 Å². The quantitative estimate of drug-likeness (QED) is 0.637. The van der Waals surface area contributed by atoms with Crippen LogP contribution in [0.2, 0.25) is 0 Å². The van der Waals surface area contributed by atoms with Gasteiger partial charge < -0.3 is 9.84 Å². The van der Waals surface area contributed by atoms with Crippen molar-refractivity contribution >= 4 is 6.09 Å². The van der Waals surface area contributed by atoms with E-state index >= 15 is 0 Å². The average Bonchev–Trinajstić information content (AvgIpc) is 2.93. The van der Waals surface area contributed by atoms with Gasteiger partial charge in [-0.1, -0.05) is 30.3 Å². The smallest absolute Gasteiger partial charge is 0.410 e. The Morgan fingerprint density at radius 3 is 2.58 bits per heavy atom. The van der Waals surface area contributed by atoms with Gasteiger partial charge in [-0.15, -0.1) is 0 Å². The molecule has 1 aliphatic rings. The van der Waals surface area contributed by atoms with Gasteiger partial charge in [-0.3, -0.25) is 15.0 Å². The summed E-state index contributed by atoms with van der Waals surface area (Å²) in [6, 6.07) is 6.38. The molecule has 2 unspecified atom stereocenters. The fraction of sp³-hybridized carbons (Fsp3) is 0.611. The fourth-order valence-corrected chi connectivity index (χ4v) is 3.10. The lowest BCUT2D eigenvalue weighted by Gasteiger charge is -2.31. The summed E-state index contributed by atoms with van der Waals surface area (Å²) < 4.78 is 19.2. The summed E-state index contributed by atoms with van der Waals surface area (Å²) in [6.45, 7) is 4.78. The number of alkyl halides is 1. The molecule has 26 heavy (non-hydrogen) atoms. The van der Waals surface area contributed by atoms with Crippen molar-refractivity contribution in [3.05, 3.63) is 46.0 Å². The number of carbonyl (C=O) groups is 1. The third-order valence-electron chi connectivity index (χ3n) is 4.27. The summed E-state index contributed by atoms with van der Waals surface area (Å²) in [5.74, 6) is 0. The number of hydrogen-bond donors (Lipinski definition) is 1. The largest absolute Gasteiger partial charge is 0.444 e. The molecule has 0 saturated carbocycles. The highest BCUT2D eigenvalue weighted by atomic mass is 19.1. The molecule has 1 saturated heterocycles. The van der Waals surface area contributed by atoms with Crippen LogP contribution in [-0.4, -0.2) is 57.5 Å². The van der Waals surface area contributed by atoms with Crippen LogP contribution < -0.4 is 0 Å². The van der Waals surface area contributed by atoms with Crippen molar-refractivity contribution in [2.45, 2.75) is 63.6 Å². The summed E-state index contributed by atoms with van der Waals surface area (Å²) in [4.78, 5) is 24.3. The number of nitrogens with zero attached hydrogens (tertiary/aromatic N) is 2. The zero-order valence-corrected chi connectivity index (χ0v) is 15.2. The Bertz CT molecular complexity index is 634. The van der Waals surface area contributed by atoms with Crippen LogP contribution in [0.25, 0.3) is 0 Å². The molecule has 1 N–H and O–H groups in total. The molecule has 7 nitrogen and oxygen atoms in total. The topological polar surface area (TPSA) is 92.9 Å². The van der Waals surface area contributed by atoms with E-state index in [2.05, 4.69) is 0 Å². The van der Waals surface area contributed by atoms with Crippen molar-refractivity contribution in [2.24, 2.45) is 0 Å². The number of halogens is 1.